The van der Waals surface area contributed by atoms with Crippen molar-refractivity contribution in [2.24, 2.45) is 17.8 Å². The summed E-state index contributed by atoms with van der Waals surface area (Å²) in [6.07, 6.45) is 16.2. The molecule has 16 nitrogen and oxygen atoms in total. The molecule has 9 aliphatic rings. The van der Waals surface area contributed by atoms with Gasteiger partial charge in [0, 0.05) is 26.8 Å². The average Bonchev–Trinajstić information content (AvgIpc) is 4.29. The van der Waals surface area contributed by atoms with Crippen LogP contribution in [0.1, 0.15) is 124 Å². The molecule has 1 aromatic heterocycles. The summed E-state index contributed by atoms with van der Waals surface area (Å²) < 4.78 is 25.4. The van der Waals surface area contributed by atoms with Gasteiger partial charge in [-0.25, -0.2) is 14.6 Å². The second-order valence-electron chi connectivity index (χ2n) is 21.4. The number of thioether (sulfide) groups is 1. The third kappa shape index (κ3) is 8.70. The summed E-state index contributed by atoms with van der Waals surface area (Å²) in [7, 11) is 0. The number of thiazole rings is 1. The standard InChI is InChI=1S/C60H54N6O10S2/c1-33-39(53(67)65(55(69)43(33)29-61)57(71)73-31-35-15-7-3-8-16-35)27-47-63-51-49(77-47)41-23-37-26-46-42(24-38(37)25-45(41)75-59(51)19-11-5-12-20-59)50-52(60(76-46)21-13-6-14-22-60)64-48(78-50)28-40-34(2)44(30-62)56(70)66(54(40)68)58(72)74-32-36-17-9-4-10-18-36/h3-4,7-10,15-18,25-28,37-38,41-42,47,63H,5-6,11-14,19-24,31-32H2,1-2H3/b39-27+,40-28-. The fourth-order valence-electron chi connectivity index (χ4n) is 12.8. The number of hydrogen-bond donors (Lipinski definition) is 1. The molecule has 1 N–H and O–H groups in total. The Morgan fingerprint density at radius 2 is 1.21 bits per heavy atom. The third-order valence-corrected chi connectivity index (χ3v) is 19.1. The molecule has 2 fully saturated rings. The molecule has 78 heavy (non-hydrogen) atoms. The minimum absolute atomic E-state index is 0.00711. The number of nitrogens with zero attached hydrogens (tertiary/aromatic N) is 5. The smallest absolute Gasteiger partial charge is 0.424 e. The summed E-state index contributed by atoms with van der Waals surface area (Å²) in [5, 5.41) is 24.1. The van der Waals surface area contributed by atoms with Crippen LogP contribution in [0.4, 0.5) is 9.59 Å². The Labute approximate surface area is 458 Å². The predicted molar refractivity (Wildman–Crippen MR) is 285 cm³/mol. The van der Waals surface area contributed by atoms with E-state index in [0.29, 0.717) is 25.9 Å². The van der Waals surface area contributed by atoms with Crippen molar-refractivity contribution in [3.8, 4) is 12.1 Å². The maximum absolute atomic E-state index is 14.2. The molecule has 2 aromatic carbocycles. The van der Waals surface area contributed by atoms with Crippen LogP contribution in [0.15, 0.2) is 134 Å². The molecule has 0 saturated heterocycles. The van der Waals surface area contributed by atoms with Crippen molar-refractivity contribution < 1.29 is 47.7 Å². The monoisotopic (exact) mass is 1080 g/mol. The normalized spacial score (nSPS) is 26.8. The third-order valence-electron chi connectivity index (χ3n) is 16.8. The molecule has 12 rings (SSSR count). The number of ether oxygens (including phenoxy) is 4. The van der Waals surface area contributed by atoms with Crippen molar-refractivity contribution in [3.05, 3.63) is 161 Å². The number of aromatic nitrogens is 1. The fourth-order valence-corrected chi connectivity index (χ4v) is 15.4. The number of benzene rings is 2. The Balaban J connectivity index is 0.839. The minimum Gasteiger partial charge on any atom is -0.485 e. The first-order valence-corrected chi connectivity index (χ1v) is 28.4. The van der Waals surface area contributed by atoms with Crippen molar-refractivity contribution in [2.45, 2.75) is 127 Å². The van der Waals surface area contributed by atoms with E-state index in [-0.39, 0.29) is 70.3 Å². The second kappa shape index (κ2) is 20.2. The van der Waals surface area contributed by atoms with Crippen LogP contribution >= 0.6 is 23.1 Å². The summed E-state index contributed by atoms with van der Waals surface area (Å²) in [5.74, 6) is -2.04. The van der Waals surface area contributed by atoms with Crippen molar-refractivity contribution in [2.75, 3.05) is 0 Å². The van der Waals surface area contributed by atoms with Gasteiger partial charge in [-0.15, -0.1) is 11.3 Å². The first kappa shape index (κ1) is 51.0. The quantitative estimate of drug-likeness (QED) is 0.179. The van der Waals surface area contributed by atoms with E-state index < -0.39 is 52.4 Å². The Morgan fingerprint density at radius 1 is 0.705 bits per heavy atom. The molecule has 2 saturated carbocycles. The molecule has 6 amide bonds. The van der Waals surface area contributed by atoms with Gasteiger partial charge >= 0.3 is 12.2 Å². The van der Waals surface area contributed by atoms with Gasteiger partial charge in [-0.1, -0.05) is 85.3 Å². The van der Waals surface area contributed by atoms with Crippen LogP contribution in [0.3, 0.4) is 0 Å². The number of nitrogens with one attached hydrogen (secondary N) is 1. The Morgan fingerprint density at radius 3 is 1.77 bits per heavy atom. The second-order valence-corrected chi connectivity index (χ2v) is 23.6. The van der Waals surface area contributed by atoms with Gasteiger partial charge in [0.25, 0.3) is 23.6 Å². The van der Waals surface area contributed by atoms with Gasteiger partial charge in [0.15, 0.2) is 5.60 Å². The lowest BCUT2D eigenvalue weighted by atomic mass is 9.67. The highest BCUT2D eigenvalue weighted by Gasteiger charge is 2.55. The SMILES string of the molecule is CC1=C(C#N)C(=O)N(C(=O)OCc2ccccc2)C(=O)/C1=C\c1nc2c(s1)C1CC3C=C4OC5(CCCCC5)C5=C(SC(/C=C6/C(=O)N(C(=O)OCc7ccccc7)C(=O)C(C#N)=C6C)N5)C4CC3C=C1OC21CCCCC1. The minimum atomic E-state index is -1.17. The molecular formula is C60H54N6O10S2. The van der Waals surface area contributed by atoms with Crippen LogP contribution < -0.4 is 5.32 Å². The molecule has 0 bridgehead atoms. The zero-order chi connectivity index (χ0) is 54.0. The number of fused-ring (bicyclic) bond motifs is 8. The Kier molecular flexibility index (Phi) is 13.2. The van der Waals surface area contributed by atoms with Crippen LogP contribution in [0.2, 0.25) is 0 Å². The van der Waals surface area contributed by atoms with Gasteiger partial charge < -0.3 is 24.3 Å². The highest BCUT2D eigenvalue weighted by Crippen LogP contribution is 2.61. The lowest BCUT2D eigenvalue weighted by Crippen LogP contribution is -2.48. The Bertz CT molecular complexity index is 3430. The molecule has 5 aliphatic heterocycles. The lowest BCUT2D eigenvalue weighted by molar-refractivity contribution is -0.140. The van der Waals surface area contributed by atoms with Crippen molar-refractivity contribution >= 4 is 65.0 Å². The van der Waals surface area contributed by atoms with E-state index in [1.807, 2.05) is 24.3 Å². The largest absolute Gasteiger partial charge is 0.485 e. The fraction of sp³-hybridized carbons (Fsp3) is 0.383. The van der Waals surface area contributed by atoms with Gasteiger partial charge in [-0.2, -0.15) is 20.3 Å². The summed E-state index contributed by atoms with van der Waals surface area (Å²) in [6, 6.07) is 21.6. The lowest BCUT2D eigenvalue weighted by Gasteiger charge is -2.50. The van der Waals surface area contributed by atoms with Crippen LogP contribution in [-0.2, 0) is 56.9 Å². The van der Waals surface area contributed by atoms with Crippen molar-refractivity contribution in [1.82, 2.24) is 20.1 Å². The van der Waals surface area contributed by atoms with Crippen molar-refractivity contribution in [1.29, 1.82) is 10.5 Å². The molecule has 5 atom stereocenters. The maximum atomic E-state index is 14.2. The zero-order valence-corrected chi connectivity index (χ0v) is 44.6. The summed E-state index contributed by atoms with van der Waals surface area (Å²) in [5.41, 5.74) is 1.67. The van der Waals surface area contributed by atoms with Gasteiger partial charge in [0.2, 0.25) is 0 Å². The number of imide groups is 6. The maximum Gasteiger partial charge on any atom is 0.424 e. The van der Waals surface area contributed by atoms with E-state index in [9.17, 15) is 39.3 Å². The molecule has 4 aliphatic carbocycles. The highest BCUT2D eigenvalue weighted by molar-refractivity contribution is 8.04. The number of carbonyl (C=O) groups excluding carboxylic acids is 6. The first-order chi connectivity index (χ1) is 37.8. The number of rotatable bonds is 6. The van der Waals surface area contributed by atoms with Gasteiger partial charge in [0.05, 0.1) is 22.7 Å². The topological polar surface area (TPSA) is 218 Å². The van der Waals surface area contributed by atoms with Crippen LogP contribution in [-0.4, -0.2) is 61.6 Å². The summed E-state index contributed by atoms with van der Waals surface area (Å²) in [6.45, 7) is 2.75. The van der Waals surface area contributed by atoms with E-state index in [0.717, 1.165) is 110 Å². The molecule has 18 heteroatoms. The van der Waals surface area contributed by atoms with Gasteiger partial charge in [0.1, 0.15) is 58.6 Å². The molecular weight excluding hydrogens is 1030 g/mol. The van der Waals surface area contributed by atoms with Gasteiger partial charge in [-0.05, 0) is 136 Å². The van der Waals surface area contributed by atoms with E-state index in [2.05, 4.69) is 17.5 Å². The van der Waals surface area contributed by atoms with Crippen LogP contribution in [0, 0.1) is 40.4 Å². The van der Waals surface area contributed by atoms with Crippen molar-refractivity contribution in [3.63, 3.8) is 0 Å². The number of nitriles is 2. The van der Waals surface area contributed by atoms with Crippen LogP contribution in [0.25, 0.3) is 6.08 Å². The summed E-state index contributed by atoms with van der Waals surface area (Å²) >= 11 is 3.07. The molecule has 2 spiro atoms. The highest BCUT2D eigenvalue weighted by atomic mass is 32.2. The van der Waals surface area contributed by atoms with E-state index in [1.165, 1.54) is 18.3 Å². The van der Waals surface area contributed by atoms with E-state index in [4.69, 9.17) is 23.9 Å². The summed E-state index contributed by atoms with van der Waals surface area (Å²) in [4.78, 5) is 90.6. The molecule has 5 unspecified atom stereocenters. The van der Waals surface area contributed by atoms with Gasteiger partial charge in [-0.3, -0.25) is 19.2 Å². The number of amides is 6. The first-order valence-electron chi connectivity index (χ1n) is 26.7. The molecule has 396 valence electrons. The number of carbonyl (C=O) groups is 6. The zero-order valence-electron chi connectivity index (χ0n) is 43.0. The van der Waals surface area contributed by atoms with E-state index in [1.54, 1.807) is 79.4 Å². The van der Waals surface area contributed by atoms with Crippen LogP contribution in [0.5, 0.6) is 0 Å². The predicted octanol–water partition coefficient (Wildman–Crippen LogP) is 10.8. The molecule has 6 heterocycles. The Hall–Kier alpha value is -7.80. The molecule has 3 aromatic rings. The number of hydrogen-bond acceptors (Lipinski definition) is 16. The average molecular weight is 1080 g/mol. The number of allylic oxidation sites excluding steroid dienone is 4. The molecule has 0 radical (unpaired) electrons. The van der Waals surface area contributed by atoms with E-state index >= 15 is 0 Å².